The number of aromatic amines is 1. The number of aromatic nitrogens is 4. The van der Waals surface area contributed by atoms with Crippen molar-refractivity contribution in [1.82, 2.24) is 20.2 Å². The van der Waals surface area contributed by atoms with Gasteiger partial charge < -0.3 is 11.5 Å². The molecule has 0 atom stereocenters. The maximum atomic E-state index is 6.26. The van der Waals surface area contributed by atoms with Gasteiger partial charge in [-0.05, 0) is 43.0 Å². The third kappa shape index (κ3) is 2.89. The molecule has 2 aromatic carbocycles. The molecule has 4 rings (SSSR count). The number of rotatable bonds is 3. The van der Waals surface area contributed by atoms with Crippen molar-refractivity contribution >= 4 is 34.2 Å². The number of para-hydroxylation sites is 1. The molecule has 0 amide bonds. The molecule has 4 aromatic rings. The number of nitrogens with zero attached hydrogens (tertiary/aromatic N) is 3. The first-order valence-electron chi connectivity index (χ1n) is 7.73. The van der Waals surface area contributed by atoms with Gasteiger partial charge in [0.05, 0.1) is 16.6 Å². The Morgan fingerprint density at radius 3 is 2.60 bits per heavy atom. The van der Waals surface area contributed by atoms with E-state index in [9.17, 15) is 0 Å². The van der Waals surface area contributed by atoms with Gasteiger partial charge in [-0.1, -0.05) is 24.3 Å². The van der Waals surface area contributed by atoms with Gasteiger partial charge in [-0.2, -0.15) is 5.10 Å². The second kappa shape index (κ2) is 6.10. The topological polar surface area (TPSA) is 106 Å². The van der Waals surface area contributed by atoms with Crippen molar-refractivity contribution in [3.05, 3.63) is 54.2 Å². The van der Waals surface area contributed by atoms with Crippen LogP contribution in [0.2, 0.25) is 0 Å². The fourth-order valence-electron chi connectivity index (χ4n) is 2.68. The number of nitrogens with two attached hydrogens (primary N) is 2. The standard InChI is InChI=1S/C18H16N6S/c1-10-9-14(24-23-10)11-5-4-7-13-16(11)17(20)22-18(21-13)25-15-8-3-2-6-12(15)19/h2-9H,19H2,1H3,(H,23,24)(H2,20,21,22). The monoisotopic (exact) mass is 348 g/mol. The summed E-state index contributed by atoms with van der Waals surface area (Å²) >= 11 is 1.40. The molecule has 0 saturated carbocycles. The van der Waals surface area contributed by atoms with Crippen molar-refractivity contribution in [3.63, 3.8) is 0 Å². The van der Waals surface area contributed by atoms with E-state index < -0.39 is 0 Å². The van der Waals surface area contributed by atoms with Crippen molar-refractivity contribution < 1.29 is 0 Å². The Hall–Kier alpha value is -3.06. The average molecular weight is 348 g/mol. The maximum Gasteiger partial charge on any atom is 0.195 e. The molecule has 0 aliphatic heterocycles. The first-order valence-corrected chi connectivity index (χ1v) is 8.54. The van der Waals surface area contributed by atoms with Crippen LogP contribution in [0.25, 0.3) is 22.2 Å². The van der Waals surface area contributed by atoms with Gasteiger partial charge in [0.2, 0.25) is 0 Å². The highest BCUT2D eigenvalue weighted by molar-refractivity contribution is 7.99. The van der Waals surface area contributed by atoms with Crippen LogP contribution in [0.4, 0.5) is 11.5 Å². The third-order valence-corrected chi connectivity index (χ3v) is 4.79. The highest BCUT2D eigenvalue weighted by atomic mass is 32.2. The molecular formula is C18H16N6S. The van der Waals surface area contributed by atoms with E-state index in [-0.39, 0.29) is 0 Å². The zero-order valence-electron chi connectivity index (χ0n) is 13.5. The lowest BCUT2D eigenvalue weighted by Gasteiger charge is -2.09. The van der Waals surface area contributed by atoms with Crippen LogP contribution in [0.1, 0.15) is 5.69 Å². The zero-order valence-corrected chi connectivity index (χ0v) is 14.3. The molecule has 7 heteroatoms. The largest absolute Gasteiger partial charge is 0.398 e. The summed E-state index contributed by atoms with van der Waals surface area (Å²) in [7, 11) is 0. The minimum atomic E-state index is 0.429. The fourth-order valence-corrected chi connectivity index (χ4v) is 3.49. The van der Waals surface area contributed by atoms with Crippen LogP contribution in [-0.2, 0) is 0 Å². The number of nitrogen functional groups attached to an aromatic ring is 2. The van der Waals surface area contributed by atoms with Crippen LogP contribution in [0.5, 0.6) is 0 Å². The van der Waals surface area contributed by atoms with Crippen molar-refractivity contribution in [1.29, 1.82) is 0 Å². The summed E-state index contributed by atoms with van der Waals surface area (Å²) in [5, 5.41) is 8.65. The summed E-state index contributed by atoms with van der Waals surface area (Å²) in [5.41, 5.74) is 16.5. The first-order chi connectivity index (χ1) is 12.1. The molecule has 2 heterocycles. The molecule has 0 saturated heterocycles. The number of benzene rings is 2. The van der Waals surface area contributed by atoms with E-state index in [2.05, 4.69) is 20.2 Å². The summed E-state index contributed by atoms with van der Waals surface area (Å²) in [6.45, 7) is 1.96. The molecule has 0 unspecified atom stereocenters. The molecule has 0 aliphatic carbocycles. The number of H-pyrrole nitrogens is 1. The van der Waals surface area contributed by atoms with Crippen LogP contribution in [0.15, 0.2) is 58.6 Å². The number of hydrogen-bond donors (Lipinski definition) is 3. The van der Waals surface area contributed by atoms with Gasteiger partial charge in [0.25, 0.3) is 0 Å². The molecule has 0 bridgehead atoms. The molecule has 2 aromatic heterocycles. The zero-order chi connectivity index (χ0) is 17.4. The Kier molecular flexibility index (Phi) is 3.77. The summed E-state index contributed by atoms with van der Waals surface area (Å²) in [6.07, 6.45) is 0. The lowest BCUT2D eigenvalue weighted by atomic mass is 10.1. The third-order valence-electron chi connectivity index (χ3n) is 3.83. The Bertz CT molecular complexity index is 1070. The predicted molar refractivity (Wildman–Crippen MR) is 101 cm³/mol. The van der Waals surface area contributed by atoms with Gasteiger partial charge in [-0.25, -0.2) is 9.97 Å². The predicted octanol–water partition coefficient (Wildman–Crippen LogP) is 3.64. The molecule has 6 nitrogen and oxygen atoms in total. The number of nitrogens with one attached hydrogen (secondary N) is 1. The minimum Gasteiger partial charge on any atom is -0.398 e. The van der Waals surface area contributed by atoms with Gasteiger partial charge in [0, 0.05) is 21.8 Å². The van der Waals surface area contributed by atoms with E-state index in [1.54, 1.807) is 0 Å². The van der Waals surface area contributed by atoms with Gasteiger partial charge in [-0.15, -0.1) is 0 Å². The van der Waals surface area contributed by atoms with Crippen molar-refractivity contribution in [2.24, 2.45) is 0 Å². The molecule has 0 spiro atoms. The lowest BCUT2D eigenvalue weighted by molar-refractivity contribution is 1.01. The fraction of sp³-hybridized carbons (Fsp3) is 0.0556. The Labute approximate surface area is 148 Å². The van der Waals surface area contributed by atoms with E-state index in [1.807, 2.05) is 55.5 Å². The van der Waals surface area contributed by atoms with Crippen LogP contribution in [0, 0.1) is 6.92 Å². The highest BCUT2D eigenvalue weighted by Gasteiger charge is 2.14. The van der Waals surface area contributed by atoms with Crippen molar-refractivity contribution in [2.75, 3.05) is 11.5 Å². The van der Waals surface area contributed by atoms with E-state index in [1.165, 1.54) is 11.8 Å². The summed E-state index contributed by atoms with van der Waals surface area (Å²) in [5.74, 6) is 0.429. The highest BCUT2D eigenvalue weighted by Crippen LogP contribution is 2.34. The minimum absolute atomic E-state index is 0.429. The SMILES string of the molecule is Cc1cc(-c2cccc3nc(Sc4ccccc4N)nc(N)c23)n[nH]1. The molecule has 124 valence electrons. The maximum absolute atomic E-state index is 6.26. The van der Waals surface area contributed by atoms with Crippen LogP contribution in [-0.4, -0.2) is 20.2 Å². The van der Waals surface area contributed by atoms with Crippen LogP contribution < -0.4 is 11.5 Å². The molecular weight excluding hydrogens is 332 g/mol. The molecule has 25 heavy (non-hydrogen) atoms. The second-order valence-electron chi connectivity index (χ2n) is 5.67. The number of fused-ring (bicyclic) bond motifs is 1. The number of anilines is 2. The summed E-state index contributed by atoms with van der Waals surface area (Å²) < 4.78 is 0. The van der Waals surface area contributed by atoms with E-state index >= 15 is 0 Å². The van der Waals surface area contributed by atoms with Crippen LogP contribution >= 0.6 is 11.8 Å². The average Bonchev–Trinajstić information content (AvgIpc) is 3.03. The lowest BCUT2D eigenvalue weighted by Crippen LogP contribution is -1.99. The van der Waals surface area contributed by atoms with Gasteiger partial charge >= 0.3 is 0 Å². The normalized spacial score (nSPS) is 11.1. The second-order valence-corrected chi connectivity index (χ2v) is 6.68. The molecule has 0 radical (unpaired) electrons. The quantitative estimate of drug-likeness (QED) is 0.385. The summed E-state index contributed by atoms with van der Waals surface area (Å²) in [6, 6.07) is 15.4. The number of hydrogen-bond acceptors (Lipinski definition) is 6. The smallest absolute Gasteiger partial charge is 0.195 e. The van der Waals surface area contributed by atoms with E-state index in [0.717, 1.165) is 32.7 Å². The molecule has 5 N–H and O–H groups in total. The Morgan fingerprint density at radius 2 is 1.84 bits per heavy atom. The van der Waals surface area contributed by atoms with Crippen molar-refractivity contribution in [2.45, 2.75) is 17.0 Å². The summed E-state index contributed by atoms with van der Waals surface area (Å²) in [4.78, 5) is 10.0. The van der Waals surface area contributed by atoms with Crippen LogP contribution in [0.3, 0.4) is 0 Å². The van der Waals surface area contributed by atoms with E-state index in [0.29, 0.717) is 16.7 Å². The number of aryl methyl sites for hydroxylation is 1. The molecule has 0 aliphatic rings. The van der Waals surface area contributed by atoms with Crippen molar-refractivity contribution in [3.8, 4) is 11.3 Å². The van der Waals surface area contributed by atoms with Gasteiger partial charge in [0.15, 0.2) is 5.16 Å². The Morgan fingerprint density at radius 1 is 1.00 bits per heavy atom. The van der Waals surface area contributed by atoms with E-state index in [4.69, 9.17) is 11.5 Å². The molecule has 0 fully saturated rings. The van der Waals surface area contributed by atoms with Gasteiger partial charge in [0.1, 0.15) is 5.82 Å². The van der Waals surface area contributed by atoms with Gasteiger partial charge in [-0.3, -0.25) is 5.10 Å². The Balaban J connectivity index is 1.82. The first kappa shape index (κ1) is 15.5.